The first kappa shape index (κ1) is 12.6. The standard InChI is InChI=1S/C14H13ClN2OS/c15-13-12(9-18)19-14(16-13)17-7-5-10-3-1-2-4-11(10)6-8-17/h1-4,9H,5-8H2. The van der Waals surface area contributed by atoms with Crippen molar-refractivity contribution in [3.63, 3.8) is 0 Å². The van der Waals surface area contributed by atoms with Crippen molar-refractivity contribution in [2.75, 3.05) is 18.0 Å². The number of halogens is 1. The minimum atomic E-state index is 0.316. The zero-order chi connectivity index (χ0) is 13.2. The van der Waals surface area contributed by atoms with Gasteiger partial charge in [-0.1, -0.05) is 47.2 Å². The Bertz CT molecular complexity index is 584. The van der Waals surface area contributed by atoms with Crippen molar-refractivity contribution < 1.29 is 4.79 Å². The molecule has 0 amide bonds. The van der Waals surface area contributed by atoms with Crippen LogP contribution in [0.2, 0.25) is 5.15 Å². The second-order valence-corrected chi connectivity index (χ2v) is 5.89. The first-order valence-electron chi connectivity index (χ1n) is 6.21. The molecule has 0 N–H and O–H groups in total. The van der Waals surface area contributed by atoms with Gasteiger partial charge in [0.25, 0.3) is 0 Å². The molecule has 0 spiro atoms. The van der Waals surface area contributed by atoms with E-state index in [9.17, 15) is 4.79 Å². The Labute approximate surface area is 120 Å². The SMILES string of the molecule is O=Cc1sc(N2CCc3ccccc3CC2)nc1Cl. The van der Waals surface area contributed by atoms with E-state index in [1.807, 2.05) is 0 Å². The summed E-state index contributed by atoms with van der Waals surface area (Å²) >= 11 is 7.30. The van der Waals surface area contributed by atoms with E-state index < -0.39 is 0 Å². The summed E-state index contributed by atoms with van der Waals surface area (Å²) in [5.74, 6) is 0. The lowest BCUT2D eigenvalue weighted by Gasteiger charge is -2.18. The molecule has 0 fully saturated rings. The van der Waals surface area contributed by atoms with E-state index in [1.54, 1.807) is 0 Å². The van der Waals surface area contributed by atoms with Crippen LogP contribution in [0.15, 0.2) is 24.3 Å². The Kier molecular flexibility index (Phi) is 3.53. The van der Waals surface area contributed by atoms with Crippen LogP contribution in [0.4, 0.5) is 5.13 Å². The molecule has 0 atom stereocenters. The third kappa shape index (κ3) is 2.51. The lowest BCUT2D eigenvalue weighted by atomic mass is 10.0. The van der Waals surface area contributed by atoms with Gasteiger partial charge >= 0.3 is 0 Å². The van der Waals surface area contributed by atoms with Crippen molar-refractivity contribution in [3.8, 4) is 0 Å². The molecular formula is C14H13ClN2OS. The highest BCUT2D eigenvalue weighted by molar-refractivity contribution is 7.17. The third-order valence-electron chi connectivity index (χ3n) is 3.40. The summed E-state index contributed by atoms with van der Waals surface area (Å²) in [7, 11) is 0. The molecule has 19 heavy (non-hydrogen) atoms. The van der Waals surface area contributed by atoms with Gasteiger partial charge < -0.3 is 4.90 Å². The molecule has 0 bridgehead atoms. The number of carbonyl (C=O) groups is 1. The zero-order valence-electron chi connectivity index (χ0n) is 10.3. The van der Waals surface area contributed by atoms with Gasteiger partial charge in [0.05, 0.1) is 0 Å². The summed E-state index contributed by atoms with van der Waals surface area (Å²) in [6, 6.07) is 8.54. The quantitative estimate of drug-likeness (QED) is 0.797. The molecule has 0 unspecified atom stereocenters. The average Bonchev–Trinajstić information content (AvgIpc) is 2.68. The number of anilines is 1. The summed E-state index contributed by atoms with van der Waals surface area (Å²) in [4.78, 5) is 17.8. The Morgan fingerprint density at radius 2 is 1.84 bits per heavy atom. The number of hydrogen-bond acceptors (Lipinski definition) is 4. The summed E-state index contributed by atoms with van der Waals surface area (Å²) < 4.78 is 0. The maximum Gasteiger partial charge on any atom is 0.187 e. The van der Waals surface area contributed by atoms with Crippen molar-refractivity contribution in [3.05, 3.63) is 45.4 Å². The highest BCUT2D eigenvalue weighted by Gasteiger charge is 2.18. The minimum absolute atomic E-state index is 0.316. The van der Waals surface area contributed by atoms with E-state index in [0.717, 1.165) is 37.3 Å². The molecule has 0 saturated heterocycles. The van der Waals surface area contributed by atoms with Crippen molar-refractivity contribution in [2.24, 2.45) is 0 Å². The molecular weight excluding hydrogens is 280 g/mol. The lowest BCUT2D eigenvalue weighted by Crippen LogP contribution is -2.25. The number of fused-ring (bicyclic) bond motifs is 1. The number of aromatic nitrogens is 1. The number of hydrogen-bond donors (Lipinski definition) is 0. The van der Waals surface area contributed by atoms with E-state index in [1.165, 1.54) is 22.5 Å². The van der Waals surface area contributed by atoms with Gasteiger partial charge in [-0.15, -0.1) is 0 Å². The fourth-order valence-electron chi connectivity index (χ4n) is 2.37. The number of thiazole rings is 1. The molecule has 1 aromatic heterocycles. The van der Waals surface area contributed by atoms with Crippen molar-refractivity contribution >= 4 is 34.4 Å². The van der Waals surface area contributed by atoms with Crippen molar-refractivity contribution in [1.29, 1.82) is 0 Å². The summed E-state index contributed by atoms with van der Waals surface area (Å²) in [6.45, 7) is 1.83. The maximum atomic E-state index is 10.8. The highest BCUT2D eigenvalue weighted by Crippen LogP contribution is 2.29. The molecule has 0 aliphatic carbocycles. The van der Waals surface area contributed by atoms with Crippen LogP contribution in [0.5, 0.6) is 0 Å². The summed E-state index contributed by atoms with van der Waals surface area (Å²) in [5.41, 5.74) is 2.81. The zero-order valence-corrected chi connectivity index (χ0v) is 11.9. The van der Waals surface area contributed by atoms with E-state index in [2.05, 4.69) is 34.1 Å². The first-order valence-corrected chi connectivity index (χ1v) is 7.40. The Morgan fingerprint density at radius 1 is 1.21 bits per heavy atom. The highest BCUT2D eigenvalue weighted by atomic mass is 35.5. The molecule has 1 aromatic carbocycles. The molecule has 0 saturated carbocycles. The Balaban J connectivity index is 1.83. The van der Waals surface area contributed by atoms with Gasteiger partial charge in [0, 0.05) is 13.1 Å². The Hall–Kier alpha value is -1.39. The van der Waals surface area contributed by atoms with Gasteiger partial charge in [-0.25, -0.2) is 4.98 Å². The molecule has 1 aliphatic rings. The monoisotopic (exact) mass is 292 g/mol. The molecule has 2 heterocycles. The summed E-state index contributed by atoms with van der Waals surface area (Å²) in [6.07, 6.45) is 2.78. The van der Waals surface area contributed by atoms with Crippen molar-refractivity contribution in [2.45, 2.75) is 12.8 Å². The molecule has 98 valence electrons. The first-order chi connectivity index (χ1) is 9.28. The normalized spacial score (nSPS) is 14.9. The fourth-order valence-corrected chi connectivity index (χ4v) is 3.48. The van der Waals surface area contributed by atoms with Gasteiger partial charge in [-0.3, -0.25) is 4.79 Å². The van der Waals surface area contributed by atoms with Crippen LogP contribution >= 0.6 is 22.9 Å². The molecule has 0 radical (unpaired) electrons. The third-order valence-corrected chi connectivity index (χ3v) is 4.84. The van der Waals surface area contributed by atoms with Crippen LogP contribution in [-0.4, -0.2) is 24.4 Å². The van der Waals surface area contributed by atoms with Crippen LogP contribution in [0.25, 0.3) is 0 Å². The van der Waals surface area contributed by atoms with Crippen LogP contribution in [0.3, 0.4) is 0 Å². The van der Waals surface area contributed by atoms with Gasteiger partial charge in [-0.05, 0) is 24.0 Å². The van der Waals surface area contributed by atoms with Crippen LogP contribution in [0, 0.1) is 0 Å². The molecule has 3 rings (SSSR count). The largest absolute Gasteiger partial charge is 0.347 e. The number of nitrogens with zero attached hydrogens (tertiary/aromatic N) is 2. The van der Waals surface area contributed by atoms with Gasteiger partial charge in [0.1, 0.15) is 4.88 Å². The van der Waals surface area contributed by atoms with E-state index >= 15 is 0 Å². The predicted molar refractivity (Wildman–Crippen MR) is 78.6 cm³/mol. The Morgan fingerprint density at radius 3 is 2.37 bits per heavy atom. The number of carbonyl (C=O) groups excluding carboxylic acids is 1. The second kappa shape index (κ2) is 5.31. The average molecular weight is 293 g/mol. The number of rotatable bonds is 2. The number of aldehydes is 1. The van der Waals surface area contributed by atoms with E-state index in [0.29, 0.717) is 10.0 Å². The predicted octanol–water partition coefficient (Wildman–Crippen LogP) is 3.21. The van der Waals surface area contributed by atoms with Gasteiger partial charge in [0.2, 0.25) is 0 Å². The molecule has 5 heteroatoms. The minimum Gasteiger partial charge on any atom is -0.347 e. The van der Waals surface area contributed by atoms with Gasteiger partial charge in [-0.2, -0.15) is 0 Å². The van der Waals surface area contributed by atoms with Crippen LogP contribution < -0.4 is 4.90 Å². The smallest absolute Gasteiger partial charge is 0.187 e. The van der Waals surface area contributed by atoms with Crippen LogP contribution in [-0.2, 0) is 12.8 Å². The summed E-state index contributed by atoms with van der Waals surface area (Å²) in [5, 5.41) is 1.16. The topological polar surface area (TPSA) is 33.2 Å². The second-order valence-electron chi connectivity index (χ2n) is 4.53. The van der Waals surface area contributed by atoms with E-state index in [-0.39, 0.29) is 0 Å². The molecule has 2 aromatic rings. The lowest BCUT2D eigenvalue weighted by molar-refractivity contribution is 0.112. The maximum absolute atomic E-state index is 10.8. The van der Waals surface area contributed by atoms with Crippen LogP contribution in [0.1, 0.15) is 20.8 Å². The molecule has 1 aliphatic heterocycles. The van der Waals surface area contributed by atoms with E-state index in [4.69, 9.17) is 11.6 Å². The fraction of sp³-hybridized carbons (Fsp3) is 0.286. The van der Waals surface area contributed by atoms with Crippen molar-refractivity contribution in [1.82, 2.24) is 4.98 Å². The number of benzene rings is 1. The molecule has 3 nitrogen and oxygen atoms in total. The van der Waals surface area contributed by atoms with Gasteiger partial charge in [0.15, 0.2) is 16.6 Å².